The number of hydrogen-bond donors (Lipinski definition) is 1. The maximum atomic E-state index is 4.44. The van der Waals surface area contributed by atoms with Gasteiger partial charge < -0.3 is 0 Å². The molecule has 7 aromatic rings. The topological polar surface area (TPSA) is 12.0 Å². The van der Waals surface area contributed by atoms with Gasteiger partial charge in [0.05, 0.1) is 0 Å². The molecule has 6 atom stereocenters. The maximum absolute atomic E-state index is 4.44. The van der Waals surface area contributed by atoms with Crippen LogP contribution in [0.1, 0.15) is 70.3 Å². The summed E-state index contributed by atoms with van der Waals surface area (Å²) in [5.41, 5.74) is 9.26. The van der Waals surface area contributed by atoms with Gasteiger partial charge in [0.2, 0.25) is 0 Å². The van der Waals surface area contributed by atoms with E-state index in [-0.39, 0.29) is 6.04 Å². The molecule has 1 aliphatic carbocycles. The minimum atomic E-state index is -0.845. The lowest BCUT2D eigenvalue weighted by molar-refractivity contribution is 0.412. The highest BCUT2D eigenvalue weighted by atomic mass is 31.1. The fourth-order valence-corrected chi connectivity index (χ4v) is 14.9. The van der Waals surface area contributed by atoms with Crippen molar-refractivity contribution >= 4 is 37.4 Å². The molecule has 0 saturated carbocycles. The molecule has 0 aromatic heterocycles. The highest BCUT2D eigenvalue weighted by molar-refractivity contribution is 7.71. The Morgan fingerprint density at radius 3 is 1.88 bits per heavy atom. The fraction of sp³-hybridized carbons (Fsp3) is 0.184. The van der Waals surface area contributed by atoms with Gasteiger partial charge in [-0.15, -0.1) is 0 Å². The van der Waals surface area contributed by atoms with Gasteiger partial charge in [-0.1, -0.05) is 185 Å². The van der Waals surface area contributed by atoms with E-state index in [0.717, 1.165) is 6.16 Å². The molecule has 254 valence electrons. The van der Waals surface area contributed by atoms with Crippen molar-refractivity contribution < 1.29 is 0 Å². The van der Waals surface area contributed by atoms with E-state index in [1.54, 1.807) is 5.56 Å². The molecule has 1 N–H and O–H groups in total. The van der Waals surface area contributed by atoms with Crippen molar-refractivity contribution in [3.05, 3.63) is 215 Å². The molecule has 3 heteroatoms. The molecule has 1 heterocycles. The smallest absolute Gasteiger partial charge is 0.0469 e. The van der Waals surface area contributed by atoms with Crippen LogP contribution in [0, 0.1) is 18.1 Å². The number of rotatable bonds is 8. The van der Waals surface area contributed by atoms with Crippen LogP contribution < -0.4 is 15.7 Å². The van der Waals surface area contributed by atoms with E-state index in [2.05, 4.69) is 194 Å². The van der Waals surface area contributed by atoms with Crippen LogP contribution in [0.15, 0.2) is 170 Å². The lowest BCUT2D eigenvalue weighted by Gasteiger charge is -2.41. The Bertz CT molecular complexity index is 2220. The first-order chi connectivity index (χ1) is 25.7. The Labute approximate surface area is 311 Å². The zero-order chi connectivity index (χ0) is 34.9. The summed E-state index contributed by atoms with van der Waals surface area (Å²) in [7, 11) is -1.38. The van der Waals surface area contributed by atoms with Gasteiger partial charge in [-0.3, -0.25) is 5.09 Å². The quantitative estimate of drug-likeness (QED) is 0.155. The molecule has 0 amide bonds. The zero-order valence-corrected chi connectivity index (χ0v) is 31.4. The Kier molecular flexibility index (Phi) is 9.49. The molecule has 9 rings (SSSR count). The molecule has 2 aliphatic rings. The summed E-state index contributed by atoms with van der Waals surface area (Å²) in [6, 6.07) is 70.3. The second kappa shape index (κ2) is 14.8. The summed E-state index contributed by atoms with van der Waals surface area (Å²) in [4.78, 5) is 0. The average Bonchev–Trinajstić information content (AvgIpc) is 3.38. The normalized spacial score (nSPS) is 20.5. The van der Waals surface area contributed by atoms with Gasteiger partial charge in [0.15, 0.2) is 0 Å². The van der Waals surface area contributed by atoms with Crippen LogP contribution in [-0.2, 0) is 6.16 Å². The van der Waals surface area contributed by atoms with E-state index in [9.17, 15) is 0 Å². The number of benzene rings is 6. The van der Waals surface area contributed by atoms with Crippen molar-refractivity contribution in [1.82, 2.24) is 5.09 Å². The first-order valence-corrected chi connectivity index (χ1v) is 21.8. The zero-order valence-electron chi connectivity index (χ0n) is 29.6. The van der Waals surface area contributed by atoms with Crippen LogP contribution in [0.25, 0.3) is 10.8 Å². The van der Waals surface area contributed by atoms with Crippen LogP contribution in [-0.4, -0.2) is 6.16 Å². The first-order valence-electron chi connectivity index (χ1n) is 18.7. The molecular weight excluding hydrogens is 664 g/mol. The van der Waals surface area contributed by atoms with Gasteiger partial charge >= 0.3 is 0 Å². The molecule has 4 unspecified atom stereocenters. The molecule has 0 fully saturated rings. The predicted molar refractivity (Wildman–Crippen MR) is 222 cm³/mol. The van der Waals surface area contributed by atoms with E-state index in [0.29, 0.717) is 23.4 Å². The van der Waals surface area contributed by atoms with Crippen LogP contribution in [0.3, 0.4) is 0 Å². The lowest BCUT2D eigenvalue weighted by Crippen LogP contribution is -2.31. The van der Waals surface area contributed by atoms with Gasteiger partial charge in [0.1, 0.15) is 0 Å². The van der Waals surface area contributed by atoms with E-state index in [1.807, 2.05) is 0 Å². The van der Waals surface area contributed by atoms with Crippen LogP contribution >= 0.6 is 16.0 Å². The summed E-state index contributed by atoms with van der Waals surface area (Å²) in [5.74, 6) is 1.46. The molecule has 1 nitrogen and oxygen atoms in total. The highest BCUT2D eigenvalue weighted by Crippen LogP contribution is 2.66. The van der Waals surface area contributed by atoms with Crippen LogP contribution in [0.2, 0.25) is 0 Å². The van der Waals surface area contributed by atoms with Crippen molar-refractivity contribution in [2.45, 2.75) is 43.0 Å². The minimum Gasteiger partial charge on any atom is -0.280 e. The third kappa shape index (κ3) is 6.40. The second-order valence-corrected chi connectivity index (χ2v) is 18.9. The lowest BCUT2D eigenvalue weighted by atomic mass is 9.67. The number of hydrogen-bond acceptors (Lipinski definition) is 1. The molecule has 0 bridgehead atoms. The third-order valence-corrected chi connectivity index (χ3v) is 16.6. The van der Waals surface area contributed by atoms with Gasteiger partial charge in [0, 0.05) is 25.7 Å². The van der Waals surface area contributed by atoms with Gasteiger partial charge in [0.25, 0.3) is 0 Å². The minimum absolute atomic E-state index is 0.123. The molecule has 1 aliphatic heterocycles. The summed E-state index contributed by atoms with van der Waals surface area (Å²) >= 11 is 0. The SMILES string of the molecule is CC1CC2CP([C@@H](c3ccccc3)[C@@H](NP(c3ccccc3)c3ccccc3)c3ccccc3)Cc3ccc4cc#ccc4c3C2c2ccccc21. The molecule has 52 heavy (non-hydrogen) atoms. The first kappa shape index (κ1) is 33.3. The molecule has 0 spiro atoms. The molecule has 7 aromatic carbocycles. The predicted octanol–water partition coefficient (Wildman–Crippen LogP) is 11.8. The van der Waals surface area contributed by atoms with Crippen LogP contribution in [0.5, 0.6) is 0 Å². The van der Waals surface area contributed by atoms with Gasteiger partial charge in [-0.05, 0) is 97.5 Å². The molecule has 0 saturated heterocycles. The summed E-state index contributed by atoms with van der Waals surface area (Å²) in [5, 5.41) is 9.79. The van der Waals surface area contributed by atoms with Crippen molar-refractivity contribution in [3.8, 4) is 0 Å². The Hall–Kier alpha value is -4.56. The molecule has 0 radical (unpaired) electrons. The highest BCUT2D eigenvalue weighted by Gasteiger charge is 2.43. The summed E-state index contributed by atoms with van der Waals surface area (Å²) in [6.45, 7) is 2.46. The number of nitrogens with one attached hydrogen (secondary N) is 1. The monoisotopic (exact) mass is 707 g/mol. The fourth-order valence-electron chi connectivity index (χ4n) is 9.15. The van der Waals surface area contributed by atoms with Crippen LogP contribution in [0.4, 0.5) is 0 Å². The summed E-state index contributed by atoms with van der Waals surface area (Å²) < 4.78 is 0. The second-order valence-electron chi connectivity index (χ2n) is 14.5. The summed E-state index contributed by atoms with van der Waals surface area (Å²) in [6.07, 6.45) is 3.54. The Balaban J connectivity index is 1.24. The molecular formula is C49H43NP2. The van der Waals surface area contributed by atoms with Gasteiger partial charge in [-0.25, -0.2) is 0 Å². The van der Waals surface area contributed by atoms with Crippen molar-refractivity contribution in [2.75, 3.05) is 6.16 Å². The third-order valence-electron chi connectivity index (χ3n) is 11.4. The Morgan fingerprint density at radius 2 is 1.21 bits per heavy atom. The van der Waals surface area contributed by atoms with Crippen molar-refractivity contribution in [2.24, 2.45) is 5.92 Å². The maximum Gasteiger partial charge on any atom is 0.0469 e. The van der Waals surface area contributed by atoms with Gasteiger partial charge in [-0.2, -0.15) is 0 Å². The Morgan fingerprint density at radius 1 is 0.635 bits per heavy atom. The van der Waals surface area contributed by atoms with Crippen molar-refractivity contribution in [3.63, 3.8) is 0 Å². The largest absolute Gasteiger partial charge is 0.280 e. The van der Waals surface area contributed by atoms with E-state index in [4.69, 9.17) is 0 Å². The van der Waals surface area contributed by atoms with E-state index in [1.165, 1.54) is 61.8 Å². The van der Waals surface area contributed by atoms with E-state index < -0.39 is 16.0 Å². The van der Waals surface area contributed by atoms with E-state index >= 15 is 0 Å². The van der Waals surface area contributed by atoms with Crippen molar-refractivity contribution in [1.29, 1.82) is 0 Å². The average molecular weight is 708 g/mol. The number of fused-ring (bicyclic) bond motifs is 7. The standard InChI is InChI=1S/C49H43NP2/c1-35-32-40-34-51(33-39-31-30-36-18-14-15-28-44(36)46(39)47(40)45-29-17-16-27-43(35)45)49(38-21-8-3-9-22-38)48(37-19-6-2-7-20-37)50-52(41-23-10-4-11-24-41)42-25-12-5-13-26-42/h2-13,16-31,35,40,47-50H,32-34H2,1H3/t35?,40?,47?,48-,49-,51?/m0/s1.